The van der Waals surface area contributed by atoms with E-state index in [1.807, 2.05) is 39.0 Å². The molecule has 5 aliphatic rings. The monoisotopic (exact) mass is 502 g/mol. The standard InChI is InChI=1S/C27H40BClN2O4/c1-25(2,3)33-24(32)20-16-31(15-17-10-8-7-9-11-17)22(30-20)13-21(29)28-34-23-19-12-18(26(19,4)5)14-27(23,6)35-28/h7-11,18-23,30H,12-16H2,1-6H3/t18-,19+,20?,21-,22?,23?,27+/m1/s1. The van der Waals surface area contributed by atoms with Crippen LogP contribution < -0.4 is 5.32 Å². The third-order valence-electron chi connectivity index (χ3n) is 8.75. The van der Waals surface area contributed by atoms with Crippen LogP contribution >= 0.6 is 11.6 Å². The molecule has 1 aromatic rings. The number of benzene rings is 1. The zero-order valence-corrected chi connectivity index (χ0v) is 22.7. The molecular weight excluding hydrogens is 463 g/mol. The maximum Gasteiger partial charge on any atom is 0.476 e. The van der Waals surface area contributed by atoms with Gasteiger partial charge in [-0.05, 0) is 69.8 Å². The normalized spacial score (nSPS) is 37.0. The van der Waals surface area contributed by atoms with Crippen LogP contribution in [0.25, 0.3) is 0 Å². The summed E-state index contributed by atoms with van der Waals surface area (Å²) in [7, 11) is -0.442. The van der Waals surface area contributed by atoms with Gasteiger partial charge in [0.05, 0.1) is 23.1 Å². The predicted molar refractivity (Wildman–Crippen MR) is 138 cm³/mol. The number of halogens is 1. The first-order valence-corrected chi connectivity index (χ1v) is 13.5. The SMILES string of the molecule is CC(C)(C)OC(=O)C1CN(Cc2ccccc2)C(C[C@@H](Cl)B2OC3[C@@H]4C[C@H](C[C@]3(C)O2)C4(C)C)N1. The number of carbonyl (C=O) groups excluding carboxylic acids is 1. The van der Waals surface area contributed by atoms with Gasteiger partial charge in [-0.15, -0.1) is 11.6 Å². The molecular formula is C27H40BClN2O4. The van der Waals surface area contributed by atoms with E-state index in [1.165, 1.54) is 12.0 Å². The average molecular weight is 503 g/mol. The third-order valence-corrected chi connectivity index (χ3v) is 9.13. The van der Waals surface area contributed by atoms with Gasteiger partial charge in [0.1, 0.15) is 11.6 Å². The lowest BCUT2D eigenvalue weighted by Gasteiger charge is -2.63. The van der Waals surface area contributed by atoms with E-state index in [4.69, 9.17) is 25.6 Å². The molecule has 192 valence electrons. The lowest BCUT2D eigenvalue weighted by Crippen LogP contribution is -2.63. The van der Waals surface area contributed by atoms with Gasteiger partial charge in [0.25, 0.3) is 0 Å². The molecule has 2 saturated heterocycles. The largest absolute Gasteiger partial charge is 0.476 e. The number of hydrogen-bond donors (Lipinski definition) is 1. The van der Waals surface area contributed by atoms with Gasteiger partial charge in [0.15, 0.2) is 0 Å². The highest BCUT2D eigenvalue weighted by molar-refractivity contribution is 6.59. The Morgan fingerprint density at radius 2 is 2.00 bits per heavy atom. The molecule has 3 aliphatic carbocycles. The van der Waals surface area contributed by atoms with Crippen molar-refractivity contribution in [2.45, 2.75) is 102 Å². The number of hydrogen-bond acceptors (Lipinski definition) is 6. The van der Waals surface area contributed by atoms with Crippen molar-refractivity contribution in [1.82, 2.24) is 10.2 Å². The van der Waals surface area contributed by atoms with Gasteiger partial charge < -0.3 is 14.0 Å². The number of rotatable bonds is 6. The van der Waals surface area contributed by atoms with Crippen LogP contribution in [0.2, 0.25) is 0 Å². The Balaban J connectivity index is 1.27. The Hall–Kier alpha value is -1.12. The minimum absolute atomic E-state index is 0.0806. The molecule has 6 nitrogen and oxygen atoms in total. The summed E-state index contributed by atoms with van der Waals surface area (Å²) in [5.74, 6) is 0.992. The summed E-state index contributed by atoms with van der Waals surface area (Å²) in [5, 5.41) is 3.17. The van der Waals surface area contributed by atoms with E-state index >= 15 is 0 Å². The molecule has 2 heterocycles. The number of alkyl halides is 1. The Kier molecular flexibility index (Phi) is 6.58. The number of esters is 1. The van der Waals surface area contributed by atoms with Crippen LogP contribution in [0.15, 0.2) is 30.3 Å². The molecule has 7 atom stereocenters. The number of nitrogens with one attached hydrogen (secondary N) is 1. The molecule has 3 saturated carbocycles. The highest BCUT2D eigenvalue weighted by Crippen LogP contribution is 2.64. The fourth-order valence-corrected chi connectivity index (χ4v) is 6.98. The van der Waals surface area contributed by atoms with Crippen LogP contribution in [0, 0.1) is 17.3 Å². The fraction of sp³-hybridized carbons (Fsp3) is 0.741. The van der Waals surface area contributed by atoms with Crippen molar-refractivity contribution in [3.63, 3.8) is 0 Å². The minimum atomic E-state index is -0.526. The Labute approximate surface area is 215 Å². The van der Waals surface area contributed by atoms with Crippen molar-refractivity contribution in [2.24, 2.45) is 17.3 Å². The van der Waals surface area contributed by atoms with Crippen molar-refractivity contribution in [3.05, 3.63) is 35.9 Å². The summed E-state index contributed by atoms with van der Waals surface area (Å²) in [6.45, 7) is 13.9. The van der Waals surface area contributed by atoms with Gasteiger partial charge >= 0.3 is 13.1 Å². The summed E-state index contributed by atoms with van der Waals surface area (Å²) in [6.07, 6.45) is 2.88. The topological polar surface area (TPSA) is 60.0 Å². The van der Waals surface area contributed by atoms with Crippen molar-refractivity contribution in [2.75, 3.05) is 6.54 Å². The van der Waals surface area contributed by atoms with Crippen molar-refractivity contribution >= 4 is 24.7 Å². The molecule has 0 radical (unpaired) electrons. The summed E-state index contributed by atoms with van der Waals surface area (Å²) in [6, 6.07) is 9.92. The van der Waals surface area contributed by atoms with E-state index in [0.29, 0.717) is 30.2 Å². The number of ether oxygens (including phenoxy) is 1. The van der Waals surface area contributed by atoms with E-state index in [-0.39, 0.29) is 29.1 Å². The van der Waals surface area contributed by atoms with Crippen LogP contribution in [0.3, 0.4) is 0 Å². The lowest BCUT2D eigenvalue weighted by molar-refractivity contribution is -0.185. The molecule has 0 amide bonds. The van der Waals surface area contributed by atoms with Crippen molar-refractivity contribution in [1.29, 1.82) is 0 Å². The summed E-state index contributed by atoms with van der Waals surface area (Å²) in [4.78, 5) is 15.1. The summed E-state index contributed by atoms with van der Waals surface area (Å²) < 4.78 is 18.7. The van der Waals surface area contributed by atoms with Crippen LogP contribution in [0.5, 0.6) is 0 Å². The van der Waals surface area contributed by atoms with E-state index in [9.17, 15) is 4.79 Å². The van der Waals surface area contributed by atoms with Crippen molar-refractivity contribution < 1.29 is 18.8 Å². The van der Waals surface area contributed by atoms with Gasteiger partial charge in [-0.1, -0.05) is 44.2 Å². The van der Waals surface area contributed by atoms with Gasteiger partial charge in [-0.25, -0.2) is 0 Å². The molecule has 35 heavy (non-hydrogen) atoms. The molecule has 1 N–H and O–H groups in total. The molecule has 0 spiro atoms. The average Bonchev–Trinajstić information content (AvgIpc) is 3.33. The molecule has 2 bridgehead atoms. The number of carbonyl (C=O) groups is 1. The first-order valence-electron chi connectivity index (χ1n) is 13.1. The molecule has 2 aliphatic heterocycles. The molecule has 5 fully saturated rings. The smallest absolute Gasteiger partial charge is 0.459 e. The van der Waals surface area contributed by atoms with E-state index < -0.39 is 18.8 Å². The van der Waals surface area contributed by atoms with E-state index in [0.717, 1.165) is 13.0 Å². The third kappa shape index (κ3) is 4.92. The lowest BCUT2D eigenvalue weighted by atomic mass is 9.45. The van der Waals surface area contributed by atoms with Crippen LogP contribution in [0.4, 0.5) is 0 Å². The Bertz CT molecular complexity index is 941. The number of nitrogens with zero attached hydrogens (tertiary/aromatic N) is 1. The summed E-state index contributed by atoms with van der Waals surface area (Å²) in [5.41, 5.74) is 0.725. The highest BCUT2D eigenvalue weighted by atomic mass is 35.5. The van der Waals surface area contributed by atoms with Gasteiger partial charge in [-0.2, -0.15) is 0 Å². The highest BCUT2D eigenvalue weighted by Gasteiger charge is 2.67. The van der Waals surface area contributed by atoms with Gasteiger partial charge in [0, 0.05) is 13.1 Å². The predicted octanol–water partition coefficient (Wildman–Crippen LogP) is 4.39. The maximum atomic E-state index is 12.9. The van der Waals surface area contributed by atoms with Crippen molar-refractivity contribution in [3.8, 4) is 0 Å². The zero-order valence-electron chi connectivity index (χ0n) is 21.9. The first kappa shape index (κ1) is 25.5. The molecule has 0 aromatic heterocycles. The van der Waals surface area contributed by atoms with Gasteiger partial charge in [0.2, 0.25) is 0 Å². The van der Waals surface area contributed by atoms with E-state index in [1.54, 1.807) is 0 Å². The second kappa shape index (κ2) is 9.02. The maximum absolute atomic E-state index is 12.9. The molecule has 6 rings (SSSR count). The second-order valence-electron chi connectivity index (χ2n) is 12.9. The fourth-order valence-electron chi connectivity index (χ4n) is 6.70. The second-order valence-corrected chi connectivity index (χ2v) is 13.4. The van der Waals surface area contributed by atoms with Crippen LogP contribution in [0.1, 0.15) is 66.4 Å². The van der Waals surface area contributed by atoms with Crippen LogP contribution in [-0.2, 0) is 25.4 Å². The molecule has 3 unspecified atom stereocenters. The Morgan fingerprint density at radius 1 is 1.29 bits per heavy atom. The quantitative estimate of drug-likeness (QED) is 0.354. The van der Waals surface area contributed by atoms with Gasteiger partial charge in [-0.3, -0.25) is 15.0 Å². The first-order chi connectivity index (χ1) is 16.4. The Morgan fingerprint density at radius 3 is 2.66 bits per heavy atom. The zero-order chi connectivity index (χ0) is 25.2. The molecule has 1 aromatic carbocycles. The molecule has 8 heteroatoms. The minimum Gasteiger partial charge on any atom is -0.459 e. The van der Waals surface area contributed by atoms with Crippen LogP contribution in [-0.4, -0.2) is 59.3 Å². The summed E-state index contributed by atoms with van der Waals surface area (Å²) >= 11 is 7.00. The van der Waals surface area contributed by atoms with E-state index in [2.05, 4.69) is 43.1 Å².